The zero-order valence-electron chi connectivity index (χ0n) is 11.7. The van der Waals surface area contributed by atoms with Gasteiger partial charge in [0.05, 0.1) is 18.8 Å². The minimum Gasteiger partial charge on any atom is -0.466 e. The van der Waals surface area contributed by atoms with Crippen molar-refractivity contribution in [1.82, 2.24) is 10.3 Å². The van der Waals surface area contributed by atoms with Crippen molar-refractivity contribution in [2.45, 2.75) is 13.8 Å². The quantitative estimate of drug-likeness (QED) is 0.764. The molecule has 2 aromatic rings. The third kappa shape index (κ3) is 3.89. The lowest BCUT2D eigenvalue weighted by Gasteiger charge is -2.02. The van der Waals surface area contributed by atoms with Gasteiger partial charge in [-0.25, -0.2) is 4.98 Å². The van der Waals surface area contributed by atoms with E-state index in [1.54, 1.807) is 0 Å². The third-order valence-electron chi connectivity index (χ3n) is 2.70. The molecule has 0 aliphatic rings. The maximum atomic E-state index is 11.6. The molecule has 0 saturated heterocycles. The largest absolute Gasteiger partial charge is 0.466 e. The molecule has 0 unspecified atom stereocenters. The van der Waals surface area contributed by atoms with E-state index in [0.717, 1.165) is 22.8 Å². The van der Waals surface area contributed by atoms with Crippen LogP contribution in [-0.2, 0) is 9.59 Å². The van der Waals surface area contributed by atoms with E-state index in [9.17, 15) is 9.59 Å². The van der Waals surface area contributed by atoms with E-state index >= 15 is 0 Å². The fourth-order valence-corrected chi connectivity index (χ4v) is 2.48. The number of rotatable bonds is 5. The van der Waals surface area contributed by atoms with E-state index in [0.29, 0.717) is 5.13 Å². The number of anilines is 1. The highest BCUT2D eigenvalue weighted by Crippen LogP contribution is 2.29. The van der Waals surface area contributed by atoms with Crippen molar-refractivity contribution in [2.24, 2.45) is 5.73 Å². The van der Waals surface area contributed by atoms with Gasteiger partial charge < -0.3 is 20.8 Å². The van der Waals surface area contributed by atoms with Crippen LogP contribution in [0.3, 0.4) is 0 Å². The molecule has 8 heteroatoms. The molecule has 2 amide bonds. The van der Waals surface area contributed by atoms with E-state index < -0.39 is 0 Å². The number of furan rings is 1. The molecule has 4 N–H and O–H groups in total. The predicted molar refractivity (Wildman–Crippen MR) is 80.0 cm³/mol. The summed E-state index contributed by atoms with van der Waals surface area (Å²) in [5, 5.41) is 7.32. The van der Waals surface area contributed by atoms with E-state index in [4.69, 9.17) is 10.2 Å². The SMILES string of the molecule is Cc1cc(-c2csc(NC(=O)CNC(=O)CN)n2)c(C)o1. The zero-order valence-corrected chi connectivity index (χ0v) is 12.5. The Labute approximate surface area is 125 Å². The van der Waals surface area contributed by atoms with Gasteiger partial charge in [-0.3, -0.25) is 9.59 Å². The lowest BCUT2D eigenvalue weighted by Crippen LogP contribution is -2.36. The van der Waals surface area contributed by atoms with Crippen molar-refractivity contribution < 1.29 is 14.0 Å². The van der Waals surface area contributed by atoms with Gasteiger partial charge in [-0.1, -0.05) is 0 Å². The van der Waals surface area contributed by atoms with Crippen LogP contribution in [0.2, 0.25) is 0 Å². The topological polar surface area (TPSA) is 110 Å². The second-order valence-electron chi connectivity index (χ2n) is 4.39. The number of aryl methyl sites for hydroxylation is 2. The first-order valence-electron chi connectivity index (χ1n) is 6.29. The first kappa shape index (κ1) is 15.2. The van der Waals surface area contributed by atoms with Gasteiger partial charge in [0, 0.05) is 10.9 Å². The van der Waals surface area contributed by atoms with Crippen LogP contribution < -0.4 is 16.4 Å². The monoisotopic (exact) mass is 308 g/mol. The van der Waals surface area contributed by atoms with Crippen molar-refractivity contribution in [3.8, 4) is 11.3 Å². The highest BCUT2D eigenvalue weighted by atomic mass is 32.1. The number of carbonyl (C=O) groups excluding carboxylic acids is 2. The molecule has 0 bridgehead atoms. The van der Waals surface area contributed by atoms with Crippen LogP contribution >= 0.6 is 11.3 Å². The molecule has 0 aromatic carbocycles. The Morgan fingerprint density at radius 3 is 2.76 bits per heavy atom. The summed E-state index contributed by atoms with van der Waals surface area (Å²) in [7, 11) is 0. The Hall–Kier alpha value is -2.19. The summed E-state index contributed by atoms with van der Waals surface area (Å²) in [6.07, 6.45) is 0. The fourth-order valence-electron chi connectivity index (χ4n) is 1.75. The number of nitrogens with two attached hydrogens (primary N) is 1. The lowest BCUT2D eigenvalue weighted by atomic mass is 10.2. The van der Waals surface area contributed by atoms with Crippen molar-refractivity contribution in [3.63, 3.8) is 0 Å². The summed E-state index contributed by atoms with van der Waals surface area (Å²) in [6, 6.07) is 1.90. The Kier molecular flexibility index (Phi) is 4.71. The maximum absolute atomic E-state index is 11.6. The molecule has 7 nitrogen and oxygen atoms in total. The van der Waals surface area contributed by atoms with Crippen molar-refractivity contribution in [1.29, 1.82) is 0 Å². The smallest absolute Gasteiger partial charge is 0.245 e. The first-order valence-corrected chi connectivity index (χ1v) is 7.17. The number of aromatic nitrogens is 1. The molecule has 2 heterocycles. The van der Waals surface area contributed by atoms with E-state index in [1.807, 2.05) is 25.3 Å². The Morgan fingerprint density at radius 2 is 2.14 bits per heavy atom. The predicted octanol–water partition coefficient (Wildman–Crippen LogP) is 1.03. The van der Waals surface area contributed by atoms with Gasteiger partial charge in [-0.15, -0.1) is 11.3 Å². The van der Waals surface area contributed by atoms with Crippen LogP contribution in [0, 0.1) is 13.8 Å². The average molecular weight is 308 g/mol. The third-order valence-corrected chi connectivity index (χ3v) is 3.46. The second-order valence-corrected chi connectivity index (χ2v) is 5.25. The molecule has 0 radical (unpaired) electrons. The summed E-state index contributed by atoms with van der Waals surface area (Å²) in [5.74, 6) is 0.865. The zero-order chi connectivity index (χ0) is 15.4. The van der Waals surface area contributed by atoms with Crippen LogP contribution in [0.25, 0.3) is 11.3 Å². The molecule has 21 heavy (non-hydrogen) atoms. The van der Waals surface area contributed by atoms with E-state index in [-0.39, 0.29) is 24.9 Å². The van der Waals surface area contributed by atoms with Crippen molar-refractivity contribution in [2.75, 3.05) is 18.4 Å². The molecule has 0 fully saturated rings. The highest BCUT2D eigenvalue weighted by Gasteiger charge is 2.12. The first-order chi connectivity index (χ1) is 9.99. The molecule has 0 spiro atoms. The van der Waals surface area contributed by atoms with E-state index in [1.165, 1.54) is 11.3 Å². The molecule has 0 aliphatic carbocycles. The molecule has 0 saturated carbocycles. The normalized spacial score (nSPS) is 10.4. The summed E-state index contributed by atoms with van der Waals surface area (Å²) in [4.78, 5) is 26.9. The number of nitrogens with zero attached hydrogens (tertiary/aromatic N) is 1. The molecule has 0 aliphatic heterocycles. The van der Waals surface area contributed by atoms with Crippen LogP contribution in [-0.4, -0.2) is 29.9 Å². The summed E-state index contributed by atoms with van der Waals surface area (Å²) >= 11 is 1.31. The summed E-state index contributed by atoms with van der Waals surface area (Å²) < 4.78 is 5.45. The van der Waals surface area contributed by atoms with Crippen LogP contribution in [0.15, 0.2) is 15.9 Å². The number of thiazole rings is 1. The van der Waals surface area contributed by atoms with Gasteiger partial charge in [0.15, 0.2) is 5.13 Å². The molecule has 2 aromatic heterocycles. The Bertz CT molecular complexity index is 662. The number of amides is 2. The van der Waals surface area contributed by atoms with Crippen molar-refractivity contribution >= 4 is 28.3 Å². The molecule has 2 rings (SSSR count). The molecule has 112 valence electrons. The van der Waals surface area contributed by atoms with Gasteiger partial charge in [-0.2, -0.15) is 0 Å². The highest BCUT2D eigenvalue weighted by molar-refractivity contribution is 7.14. The molecular weight excluding hydrogens is 292 g/mol. The Morgan fingerprint density at radius 1 is 1.38 bits per heavy atom. The van der Waals surface area contributed by atoms with Gasteiger partial charge in [0.1, 0.15) is 11.5 Å². The standard InChI is InChI=1S/C13H16N4O3S/c1-7-3-9(8(2)20-7)10-6-21-13(16-10)17-12(19)5-15-11(18)4-14/h3,6H,4-5,14H2,1-2H3,(H,15,18)(H,16,17,19). The van der Waals surface area contributed by atoms with Gasteiger partial charge in [0.25, 0.3) is 0 Å². The van der Waals surface area contributed by atoms with Crippen LogP contribution in [0.4, 0.5) is 5.13 Å². The van der Waals surface area contributed by atoms with Gasteiger partial charge in [-0.05, 0) is 19.9 Å². The minimum atomic E-state index is -0.380. The fraction of sp³-hybridized carbons (Fsp3) is 0.308. The number of nitrogens with one attached hydrogen (secondary N) is 2. The van der Waals surface area contributed by atoms with E-state index in [2.05, 4.69) is 15.6 Å². The minimum absolute atomic E-state index is 0.130. The maximum Gasteiger partial charge on any atom is 0.245 e. The van der Waals surface area contributed by atoms with Crippen molar-refractivity contribution in [3.05, 3.63) is 23.0 Å². The molecular formula is C13H16N4O3S. The van der Waals surface area contributed by atoms with Crippen LogP contribution in [0.1, 0.15) is 11.5 Å². The second kappa shape index (κ2) is 6.51. The van der Waals surface area contributed by atoms with Crippen LogP contribution in [0.5, 0.6) is 0 Å². The van der Waals surface area contributed by atoms with Gasteiger partial charge in [0.2, 0.25) is 11.8 Å². The van der Waals surface area contributed by atoms with Gasteiger partial charge >= 0.3 is 0 Å². The lowest BCUT2D eigenvalue weighted by molar-refractivity contribution is -0.123. The summed E-state index contributed by atoms with van der Waals surface area (Å²) in [5.41, 5.74) is 6.78. The number of carbonyl (C=O) groups is 2. The summed E-state index contributed by atoms with van der Waals surface area (Å²) in [6.45, 7) is 3.45. The molecule has 0 atom stereocenters. The average Bonchev–Trinajstić information content (AvgIpc) is 3.02. The Balaban J connectivity index is 1.99. The number of hydrogen-bond acceptors (Lipinski definition) is 6. The number of hydrogen-bond donors (Lipinski definition) is 3.